The van der Waals surface area contributed by atoms with Crippen molar-refractivity contribution in [2.45, 2.75) is 25.1 Å². The number of aliphatic hydroxyl groups is 1. The number of benzene rings is 2. The van der Waals surface area contributed by atoms with Crippen LogP contribution >= 0.6 is 0 Å². The molecule has 0 saturated carbocycles. The predicted octanol–water partition coefficient (Wildman–Crippen LogP) is 4.32. The summed E-state index contributed by atoms with van der Waals surface area (Å²) >= 11 is 0. The molecule has 110 valence electrons. The fraction of sp³-hybridized carbons (Fsp3) is 0.250. The van der Waals surface area contributed by atoms with E-state index in [4.69, 9.17) is 4.74 Å². The lowest BCUT2D eigenvalue weighted by atomic mass is 9.94. The Morgan fingerprint density at radius 3 is 2.71 bits per heavy atom. The summed E-state index contributed by atoms with van der Waals surface area (Å²) in [6.07, 6.45) is -3.77. The van der Waals surface area contributed by atoms with Crippen LogP contribution in [-0.4, -0.2) is 5.11 Å². The van der Waals surface area contributed by atoms with Gasteiger partial charge in [-0.25, -0.2) is 13.2 Å². The molecule has 2 aromatic rings. The smallest absolute Gasteiger partial charge is 0.263 e. The van der Waals surface area contributed by atoms with Crippen LogP contribution in [0.15, 0.2) is 42.5 Å². The highest BCUT2D eigenvalue weighted by Gasteiger charge is 2.28. The highest BCUT2D eigenvalue weighted by atomic mass is 19.3. The second-order valence-electron chi connectivity index (χ2n) is 5.01. The standard InChI is InChI=1S/C16H13F3O2/c17-11-4-5-14-12(7-11)13(20)8-15(21-14)9-2-1-3-10(6-9)16(18)19/h1-7,13,15-16,20H,8H2/t13-,15?/m1/s1. The Balaban J connectivity index is 1.92. The summed E-state index contributed by atoms with van der Waals surface area (Å²) in [7, 11) is 0. The Bertz CT molecular complexity index is 658. The Morgan fingerprint density at radius 2 is 1.95 bits per heavy atom. The predicted molar refractivity (Wildman–Crippen MR) is 70.7 cm³/mol. The van der Waals surface area contributed by atoms with E-state index in [1.54, 1.807) is 6.07 Å². The Labute approximate surface area is 119 Å². The third-order valence-corrected chi connectivity index (χ3v) is 3.57. The van der Waals surface area contributed by atoms with Crippen LogP contribution in [0, 0.1) is 5.82 Å². The first-order valence-electron chi connectivity index (χ1n) is 6.57. The minimum Gasteiger partial charge on any atom is -0.485 e. The number of halogens is 3. The number of rotatable bonds is 2. The van der Waals surface area contributed by atoms with E-state index in [1.165, 1.54) is 36.4 Å². The maximum absolute atomic E-state index is 13.2. The molecule has 0 bridgehead atoms. The summed E-state index contributed by atoms with van der Waals surface area (Å²) in [6, 6.07) is 9.84. The van der Waals surface area contributed by atoms with Crippen LogP contribution in [0.4, 0.5) is 13.2 Å². The fourth-order valence-electron chi connectivity index (χ4n) is 2.52. The lowest BCUT2D eigenvalue weighted by Crippen LogP contribution is -2.19. The van der Waals surface area contributed by atoms with Crippen LogP contribution < -0.4 is 4.74 Å². The van der Waals surface area contributed by atoms with Gasteiger partial charge in [-0.05, 0) is 29.8 Å². The highest BCUT2D eigenvalue weighted by Crippen LogP contribution is 2.41. The van der Waals surface area contributed by atoms with Crippen molar-refractivity contribution in [1.29, 1.82) is 0 Å². The van der Waals surface area contributed by atoms with Crippen LogP contribution in [0.25, 0.3) is 0 Å². The van der Waals surface area contributed by atoms with Crippen LogP contribution in [0.2, 0.25) is 0 Å². The SMILES string of the molecule is O[C@@H]1CC(c2cccc(C(F)F)c2)Oc2ccc(F)cc21. The van der Waals surface area contributed by atoms with Crippen LogP contribution in [-0.2, 0) is 0 Å². The van der Waals surface area contributed by atoms with Crippen LogP contribution in [0.1, 0.15) is 41.7 Å². The molecule has 2 atom stereocenters. The van der Waals surface area contributed by atoms with Gasteiger partial charge in [-0.3, -0.25) is 0 Å². The summed E-state index contributed by atoms with van der Waals surface area (Å²) in [4.78, 5) is 0. The maximum Gasteiger partial charge on any atom is 0.263 e. The molecule has 1 unspecified atom stereocenters. The maximum atomic E-state index is 13.2. The zero-order valence-electron chi connectivity index (χ0n) is 11.0. The normalized spacial score (nSPS) is 21.0. The third-order valence-electron chi connectivity index (χ3n) is 3.57. The molecular weight excluding hydrogens is 281 g/mol. The van der Waals surface area contributed by atoms with Gasteiger partial charge in [-0.15, -0.1) is 0 Å². The first-order valence-corrected chi connectivity index (χ1v) is 6.57. The molecule has 1 N–H and O–H groups in total. The molecule has 2 aromatic carbocycles. The Kier molecular flexibility index (Phi) is 3.59. The van der Waals surface area contributed by atoms with Gasteiger partial charge < -0.3 is 9.84 Å². The van der Waals surface area contributed by atoms with E-state index in [0.29, 0.717) is 16.9 Å². The lowest BCUT2D eigenvalue weighted by Gasteiger charge is -2.30. The summed E-state index contributed by atoms with van der Waals surface area (Å²) < 4.78 is 44.4. The van der Waals surface area contributed by atoms with E-state index >= 15 is 0 Å². The molecule has 5 heteroatoms. The van der Waals surface area contributed by atoms with Crippen molar-refractivity contribution in [3.63, 3.8) is 0 Å². The Morgan fingerprint density at radius 1 is 1.14 bits per heavy atom. The molecule has 0 fully saturated rings. The number of aliphatic hydroxyl groups excluding tert-OH is 1. The highest BCUT2D eigenvalue weighted by molar-refractivity contribution is 5.39. The van der Waals surface area contributed by atoms with Crippen molar-refractivity contribution >= 4 is 0 Å². The molecule has 0 radical (unpaired) electrons. The molecule has 0 spiro atoms. The number of hydrogen-bond donors (Lipinski definition) is 1. The molecule has 0 aliphatic carbocycles. The molecule has 3 rings (SSSR count). The van der Waals surface area contributed by atoms with E-state index in [0.717, 1.165) is 0 Å². The molecular formula is C16H13F3O2. The monoisotopic (exact) mass is 294 g/mol. The van der Waals surface area contributed by atoms with Crippen molar-refractivity contribution < 1.29 is 23.0 Å². The minimum atomic E-state index is -2.56. The van der Waals surface area contributed by atoms with Gasteiger partial charge in [0.2, 0.25) is 0 Å². The molecule has 1 aliphatic rings. The average Bonchev–Trinajstić information content (AvgIpc) is 2.48. The van der Waals surface area contributed by atoms with Crippen LogP contribution in [0.5, 0.6) is 5.75 Å². The minimum absolute atomic E-state index is 0.0875. The van der Waals surface area contributed by atoms with E-state index in [-0.39, 0.29) is 12.0 Å². The quantitative estimate of drug-likeness (QED) is 0.893. The topological polar surface area (TPSA) is 29.5 Å². The van der Waals surface area contributed by atoms with Crippen LogP contribution in [0.3, 0.4) is 0 Å². The average molecular weight is 294 g/mol. The zero-order valence-corrected chi connectivity index (χ0v) is 11.0. The summed E-state index contributed by atoms with van der Waals surface area (Å²) in [5.74, 6) is -0.0721. The Hall–Kier alpha value is -2.01. The second kappa shape index (κ2) is 5.41. The van der Waals surface area contributed by atoms with Gasteiger partial charge in [0.15, 0.2) is 0 Å². The van der Waals surface area contributed by atoms with E-state index < -0.39 is 24.5 Å². The molecule has 0 aromatic heterocycles. The number of alkyl halides is 2. The molecule has 2 nitrogen and oxygen atoms in total. The van der Waals surface area contributed by atoms with Gasteiger partial charge in [0.1, 0.15) is 17.7 Å². The molecule has 1 heterocycles. The van der Waals surface area contributed by atoms with Gasteiger partial charge >= 0.3 is 0 Å². The lowest BCUT2D eigenvalue weighted by molar-refractivity contribution is 0.0651. The number of hydrogen-bond acceptors (Lipinski definition) is 2. The summed E-state index contributed by atoms with van der Waals surface area (Å²) in [5, 5.41) is 10.1. The molecule has 1 aliphatic heterocycles. The van der Waals surface area contributed by atoms with Gasteiger partial charge in [0, 0.05) is 17.5 Å². The van der Waals surface area contributed by atoms with Gasteiger partial charge in [-0.1, -0.05) is 18.2 Å². The van der Waals surface area contributed by atoms with Crippen molar-refractivity contribution in [3.8, 4) is 5.75 Å². The van der Waals surface area contributed by atoms with Crippen molar-refractivity contribution in [2.24, 2.45) is 0 Å². The summed E-state index contributed by atoms with van der Waals surface area (Å²) in [5.41, 5.74) is 0.869. The largest absolute Gasteiger partial charge is 0.485 e. The molecule has 21 heavy (non-hydrogen) atoms. The van der Waals surface area contributed by atoms with E-state index in [9.17, 15) is 18.3 Å². The van der Waals surface area contributed by atoms with Gasteiger partial charge in [0.05, 0.1) is 6.10 Å². The van der Waals surface area contributed by atoms with Crippen molar-refractivity contribution in [1.82, 2.24) is 0 Å². The molecule has 0 saturated heterocycles. The molecule has 0 amide bonds. The van der Waals surface area contributed by atoms with Crippen molar-refractivity contribution in [3.05, 3.63) is 65.0 Å². The third kappa shape index (κ3) is 2.74. The number of ether oxygens (including phenoxy) is 1. The van der Waals surface area contributed by atoms with E-state index in [2.05, 4.69) is 0 Å². The van der Waals surface area contributed by atoms with Gasteiger partial charge in [-0.2, -0.15) is 0 Å². The zero-order chi connectivity index (χ0) is 15.0. The number of fused-ring (bicyclic) bond motifs is 1. The first kappa shape index (κ1) is 13.9. The summed E-state index contributed by atoms with van der Waals surface area (Å²) in [6.45, 7) is 0. The van der Waals surface area contributed by atoms with Crippen molar-refractivity contribution in [2.75, 3.05) is 0 Å². The fourth-order valence-corrected chi connectivity index (χ4v) is 2.52. The van der Waals surface area contributed by atoms with Gasteiger partial charge in [0.25, 0.3) is 6.43 Å². The second-order valence-corrected chi connectivity index (χ2v) is 5.01. The first-order chi connectivity index (χ1) is 10.0. The van der Waals surface area contributed by atoms with E-state index in [1.807, 2.05) is 0 Å².